The summed E-state index contributed by atoms with van der Waals surface area (Å²) in [5.74, 6) is 0.248. The van der Waals surface area contributed by atoms with Gasteiger partial charge in [0, 0.05) is 11.6 Å². The predicted molar refractivity (Wildman–Crippen MR) is 117 cm³/mol. The van der Waals surface area contributed by atoms with E-state index in [9.17, 15) is 20.1 Å². The van der Waals surface area contributed by atoms with Gasteiger partial charge in [0.2, 0.25) is 0 Å². The molecular weight excluding hydrogens is 402 g/mol. The van der Waals surface area contributed by atoms with Gasteiger partial charge in [0.15, 0.2) is 0 Å². The number of amides is 1. The van der Waals surface area contributed by atoms with Crippen LogP contribution in [0.3, 0.4) is 0 Å². The Morgan fingerprint density at radius 2 is 1.53 bits per heavy atom. The summed E-state index contributed by atoms with van der Waals surface area (Å²) < 4.78 is 0. The molecule has 1 atom stereocenters. The van der Waals surface area contributed by atoms with Crippen molar-refractivity contribution in [3.05, 3.63) is 100 Å². The summed E-state index contributed by atoms with van der Waals surface area (Å²) in [7, 11) is 0. The number of aliphatic hydroxyl groups excluding tert-OH is 1. The molecule has 6 heteroatoms. The van der Waals surface area contributed by atoms with Gasteiger partial charge in [-0.15, -0.1) is 0 Å². The fourth-order valence-corrected chi connectivity index (χ4v) is 3.43. The number of carbonyl (C=O) groups is 1. The molecule has 0 aliphatic rings. The molecule has 3 N–H and O–H groups in total. The highest BCUT2D eigenvalue weighted by molar-refractivity contribution is 6.30. The largest absolute Gasteiger partial charge is 0.508 e. The first kappa shape index (κ1) is 21.7. The lowest BCUT2D eigenvalue weighted by Gasteiger charge is -2.23. The fourth-order valence-electron chi connectivity index (χ4n) is 3.23. The summed E-state index contributed by atoms with van der Waals surface area (Å²) in [5, 5.41) is 29.7. The van der Waals surface area contributed by atoms with Gasteiger partial charge in [-0.1, -0.05) is 60.1 Å². The number of benzene rings is 3. The van der Waals surface area contributed by atoms with Crippen LogP contribution in [-0.2, 0) is 12.8 Å². The average molecular weight is 426 g/mol. The van der Waals surface area contributed by atoms with Gasteiger partial charge in [0.25, 0.3) is 0 Å². The lowest BCUT2D eigenvalue weighted by atomic mass is 10.0. The highest BCUT2D eigenvalue weighted by atomic mass is 35.5. The Morgan fingerprint density at radius 3 is 2.13 bits per heavy atom. The number of carboxylic acid groups (broad SMARTS) is 1. The van der Waals surface area contributed by atoms with Crippen molar-refractivity contribution in [2.45, 2.75) is 18.9 Å². The molecule has 0 spiro atoms. The van der Waals surface area contributed by atoms with Crippen LogP contribution in [0.1, 0.15) is 28.4 Å². The second-order valence-corrected chi connectivity index (χ2v) is 7.65. The fraction of sp³-hybridized carbons (Fsp3) is 0.208. The maximum atomic E-state index is 11.6. The van der Waals surface area contributed by atoms with E-state index in [1.807, 2.05) is 36.4 Å². The van der Waals surface area contributed by atoms with E-state index in [-0.39, 0.29) is 18.8 Å². The van der Waals surface area contributed by atoms with Crippen molar-refractivity contribution in [1.29, 1.82) is 0 Å². The first-order chi connectivity index (χ1) is 14.4. The van der Waals surface area contributed by atoms with Crippen molar-refractivity contribution in [3.63, 3.8) is 0 Å². The molecule has 0 radical (unpaired) electrons. The molecule has 5 nitrogen and oxygen atoms in total. The number of phenolic OH excluding ortho intramolecular Hbond substituents is 1. The highest BCUT2D eigenvalue weighted by Crippen LogP contribution is 2.19. The SMILES string of the molecule is O=C(O)N(CCc1ccc(Cc2ccc(O)cc2)cc1)C[C@H](O)c1cccc(Cl)c1. The van der Waals surface area contributed by atoms with Crippen molar-refractivity contribution >= 4 is 17.7 Å². The van der Waals surface area contributed by atoms with Gasteiger partial charge in [-0.05, 0) is 59.4 Å². The minimum Gasteiger partial charge on any atom is -0.508 e. The second kappa shape index (κ2) is 10.1. The number of hydrogen-bond donors (Lipinski definition) is 3. The molecular formula is C24H24ClNO4. The number of phenols is 1. The number of nitrogens with zero attached hydrogens (tertiary/aromatic N) is 1. The molecule has 0 aliphatic heterocycles. The maximum Gasteiger partial charge on any atom is 0.407 e. The highest BCUT2D eigenvalue weighted by Gasteiger charge is 2.18. The molecule has 0 fully saturated rings. The normalized spacial score (nSPS) is 11.8. The van der Waals surface area contributed by atoms with Crippen molar-refractivity contribution in [2.75, 3.05) is 13.1 Å². The Labute approximate surface area is 180 Å². The van der Waals surface area contributed by atoms with Crippen molar-refractivity contribution < 1.29 is 20.1 Å². The Bertz CT molecular complexity index is 973. The first-order valence-corrected chi connectivity index (χ1v) is 10.1. The molecule has 0 aliphatic carbocycles. The number of hydrogen-bond acceptors (Lipinski definition) is 3. The van der Waals surface area contributed by atoms with Crippen LogP contribution in [0.5, 0.6) is 5.75 Å². The zero-order valence-electron chi connectivity index (χ0n) is 16.4. The number of aromatic hydroxyl groups is 1. The summed E-state index contributed by atoms with van der Waals surface area (Å²) in [4.78, 5) is 12.8. The Hall–Kier alpha value is -3.02. The summed E-state index contributed by atoms with van der Waals surface area (Å²) in [6, 6.07) is 21.9. The van der Waals surface area contributed by atoms with E-state index in [2.05, 4.69) is 0 Å². The molecule has 0 bridgehead atoms. The topological polar surface area (TPSA) is 81.0 Å². The minimum absolute atomic E-state index is 0.0192. The third kappa shape index (κ3) is 6.24. The van der Waals surface area contributed by atoms with Gasteiger partial charge in [-0.25, -0.2) is 4.79 Å². The van der Waals surface area contributed by atoms with Crippen LogP contribution < -0.4 is 0 Å². The maximum absolute atomic E-state index is 11.6. The molecule has 1 amide bonds. The van der Waals surface area contributed by atoms with Crippen LogP contribution in [0, 0.1) is 0 Å². The van der Waals surface area contributed by atoms with Gasteiger partial charge >= 0.3 is 6.09 Å². The van der Waals surface area contributed by atoms with Gasteiger partial charge in [0.05, 0.1) is 12.6 Å². The summed E-state index contributed by atoms with van der Waals surface area (Å²) in [5.41, 5.74) is 3.85. The van der Waals surface area contributed by atoms with E-state index in [0.717, 1.165) is 23.1 Å². The van der Waals surface area contributed by atoms with E-state index in [1.165, 1.54) is 4.90 Å². The van der Waals surface area contributed by atoms with Gasteiger partial charge in [-0.3, -0.25) is 0 Å². The lowest BCUT2D eigenvalue weighted by molar-refractivity contribution is 0.0973. The van der Waals surface area contributed by atoms with Crippen LogP contribution >= 0.6 is 11.6 Å². The molecule has 0 heterocycles. The minimum atomic E-state index is -1.07. The quantitative estimate of drug-likeness (QED) is 0.479. The van der Waals surface area contributed by atoms with Crippen LogP contribution in [0.2, 0.25) is 5.02 Å². The molecule has 30 heavy (non-hydrogen) atoms. The molecule has 3 aromatic rings. The molecule has 0 aromatic heterocycles. The van der Waals surface area contributed by atoms with Crippen molar-refractivity contribution in [2.24, 2.45) is 0 Å². The Balaban J connectivity index is 1.56. The lowest BCUT2D eigenvalue weighted by Crippen LogP contribution is -2.35. The van der Waals surface area contributed by atoms with Crippen molar-refractivity contribution in [1.82, 2.24) is 4.90 Å². The van der Waals surface area contributed by atoms with Crippen molar-refractivity contribution in [3.8, 4) is 5.75 Å². The van der Waals surface area contributed by atoms with Gasteiger partial charge in [0.1, 0.15) is 5.75 Å². The van der Waals surface area contributed by atoms with E-state index in [4.69, 9.17) is 11.6 Å². The van der Waals surface area contributed by atoms with Gasteiger partial charge in [-0.2, -0.15) is 0 Å². The van der Waals surface area contributed by atoms with Crippen LogP contribution in [-0.4, -0.2) is 39.4 Å². The first-order valence-electron chi connectivity index (χ1n) is 9.68. The van der Waals surface area contributed by atoms with Crippen LogP contribution in [0.25, 0.3) is 0 Å². The monoisotopic (exact) mass is 425 g/mol. The van der Waals surface area contributed by atoms with Crippen LogP contribution in [0.15, 0.2) is 72.8 Å². The Morgan fingerprint density at radius 1 is 0.933 bits per heavy atom. The third-order valence-corrected chi connectivity index (χ3v) is 5.17. The number of rotatable bonds is 8. The van der Waals surface area contributed by atoms with E-state index < -0.39 is 12.2 Å². The van der Waals surface area contributed by atoms with E-state index in [1.54, 1.807) is 36.4 Å². The number of halogens is 1. The molecule has 0 saturated heterocycles. The Kier molecular flexibility index (Phi) is 7.33. The van der Waals surface area contributed by atoms with E-state index in [0.29, 0.717) is 17.0 Å². The number of aliphatic hydroxyl groups is 1. The smallest absolute Gasteiger partial charge is 0.407 e. The zero-order valence-corrected chi connectivity index (χ0v) is 17.2. The molecule has 0 saturated carbocycles. The van der Waals surface area contributed by atoms with Gasteiger partial charge < -0.3 is 20.2 Å². The molecule has 3 aromatic carbocycles. The van der Waals surface area contributed by atoms with E-state index >= 15 is 0 Å². The summed E-state index contributed by atoms with van der Waals surface area (Å²) in [6.45, 7) is 0.263. The summed E-state index contributed by atoms with van der Waals surface area (Å²) >= 11 is 5.95. The standard InChI is InChI=1S/C24H24ClNO4/c25-21-3-1-2-20(15-21)23(28)16-26(24(29)30)13-12-17-4-6-18(7-5-17)14-19-8-10-22(27)11-9-19/h1-11,15,23,27-28H,12-14,16H2,(H,29,30)/t23-/m0/s1. The average Bonchev–Trinajstić information content (AvgIpc) is 2.73. The van der Waals surface area contributed by atoms with Crippen LogP contribution in [0.4, 0.5) is 4.79 Å². The molecule has 0 unspecified atom stereocenters. The third-order valence-electron chi connectivity index (χ3n) is 4.94. The zero-order chi connectivity index (χ0) is 21.5. The predicted octanol–water partition coefficient (Wildman–Crippen LogP) is 4.89. The molecule has 3 rings (SSSR count). The summed E-state index contributed by atoms with van der Waals surface area (Å²) in [6.07, 6.45) is -0.700. The molecule has 156 valence electrons. The second-order valence-electron chi connectivity index (χ2n) is 7.21.